The molecular formula is C27H34FNO6. The van der Waals surface area contributed by atoms with Gasteiger partial charge in [-0.15, -0.1) is 0 Å². The van der Waals surface area contributed by atoms with E-state index in [0.717, 1.165) is 31.2 Å². The zero-order valence-electron chi connectivity index (χ0n) is 20.4. The van der Waals surface area contributed by atoms with Crippen LogP contribution in [0.5, 0.6) is 11.5 Å². The average Bonchev–Trinajstić information content (AvgIpc) is 3.39. The number of carbonyl (C=O) groups is 1. The Hall–Kier alpha value is -2.84. The van der Waals surface area contributed by atoms with Crippen LogP contribution in [0.3, 0.4) is 0 Å². The zero-order valence-corrected chi connectivity index (χ0v) is 20.4. The van der Waals surface area contributed by atoms with E-state index in [-0.39, 0.29) is 11.9 Å². The highest BCUT2D eigenvalue weighted by atomic mass is 19.1. The van der Waals surface area contributed by atoms with E-state index in [2.05, 4.69) is 5.32 Å². The Labute approximate surface area is 205 Å². The van der Waals surface area contributed by atoms with Crippen LogP contribution in [0.15, 0.2) is 30.3 Å². The summed E-state index contributed by atoms with van der Waals surface area (Å²) in [6, 6.07) is 8.64. The number of carboxylic acids is 1. The molecule has 190 valence electrons. The summed E-state index contributed by atoms with van der Waals surface area (Å²) in [7, 11) is 1.53. The van der Waals surface area contributed by atoms with Gasteiger partial charge < -0.3 is 29.4 Å². The first-order valence-electron chi connectivity index (χ1n) is 12.3. The monoisotopic (exact) mass is 487 g/mol. The zero-order chi connectivity index (χ0) is 24.8. The second kappa shape index (κ2) is 11.3. The predicted molar refractivity (Wildman–Crippen MR) is 131 cm³/mol. The van der Waals surface area contributed by atoms with Crippen LogP contribution in [0, 0.1) is 5.82 Å². The third-order valence-electron chi connectivity index (χ3n) is 6.86. The van der Waals surface area contributed by atoms with Gasteiger partial charge in [0.1, 0.15) is 11.3 Å². The molecule has 0 atom stereocenters. The third-order valence-corrected chi connectivity index (χ3v) is 6.86. The summed E-state index contributed by atoms with van der Waals surface area (Å²) >= 11 is 0. The minimum Gasteiger partial charge on any atom is -0.497 e. The number of ether oxygens (including phenoxy) is 4. The summed E-state index contributed by atoms with van der Waals surface area (Å²) in [5.74, 6) is -0.767. The molecule has 2 aromatic rings. The summed E-state index contributed by atoms with van der Waals surface area (Å²) < 4.78 is 38.0. The van der Waals surface area contributed by atoms with Crippen molar-refractivity contribution in [2.75, 3.05) is 32.2 Å². The van der Waals surface area contributed by atoms with Crippen molar-refractivity contribution in [1.29, 1.82) is 0 Å². The van der Waals surface area contributed by atoms with Gasteiger partial charge in [0, 0.05) is 43.4 Å². The van der Waals surface area contributed by atoms with Crippen molar-refractivity contribution in [3.8, 4) is 22.6 Å². The van der Waals surface area contributed by atoms with Gasteiger partial charge >= 0.3 is 5.97 Å². The first-order chi connectivity index (χ1) is 17.0. The minimum atomic E-state index is -1.10. The van der Waals surface area contributed by atoms with Crippen LogP contribution in [0.4, 0.5) is 10.1 Å². The largest absolute Gasteiger partial charge is 0.497 e. The molecule has 2 aliphatic rings. The van der Waals surface area contributed by atoms with E-state index in [1.807, 2.05) is 6.07 Å². The van der Waals surface area contributed by atoms with Crippen LogP contribution in [0.25, 0.3) is 11.1 Å². The van der Waals surface area contributed by atoms with Crippen LogP contribution in [-0.2, 0) is 20.9 Å². The van der Waals surface area contributed by atoms with Gasteiger partial charge in [-0.25, -0.2) is 9.18 Å². The predicted octanol–water partition coefficient (Wildman–Crippen LogP) is 5.40. The summed E-state index contributed by atoms with van der Waals surface area (Å²) in [6.07, 6.45) is 5.21. The lowest BCUT2D eigenvalue weighted by atomic mass is 9.89. The van der Waals surface area contributed by atoms with Crippen molar-refractivity contribution in [2.45, 2.75) is 63.7 Å². The fourth-order valence-electron chi connectivity index (χ4n) is 4.85. The number of benzene rings is 2. The van der Waals surface area contributed by atoms with E-state index in [4.69, 9.17) is 18.9 Å². The highest BCUT2D eigenvalue weighted by Gasteiger charge is 2.40. The van der Waals surface area contributed by atoms with Crippen molar-refractivity contribution >= 4 is 11.7 Å². The van der Waals surface area contributed by atoms with Crippen LogP contribution in [0.1, 0.15) is 51.0 Å². The second-order valence-electron chi connectivity index (χ2n) is 9.13. The van der Waals surface area contributed by atoms with Gasteiger partial charge in [-0.1, -0.05) is 18.9 Å². The van der Waals surface area contributed by atoms with E-state index >= 15 is 4.39 Å². The number of hydrogen-bond donors (Lipinski definition) is 2. The minimum absolute atomic E-state index is 0.124. The number of methoxy groups -OCH3 is 1. The summed E-state index contributed by atoms with van der Waals surface area (Å²) in [4.78, 5) is 12.1. The van der Waals surface area contributed by atoms with E-state index in [9.17, 15) is 9.90 Å². The standard InChI is InChI=1S/C27H34FNO6/c1-3-34-24-16-21(32-2)15-23(25(24)28)22-9-8-19(14-18(22)17-35-20-6-4-5-7-20)29-27(26(30)31)10-12-33-13-11-27/h8-9,14-16,20,29H,3-7,10-13,17H2,1-2H3,(H,30,31). The third kappa shape index (κ3) is 5.70. The number of rotatable bonds is 10. The summed E-state index contributed by atoms with van der Waals surface area (Å²) in [5.41, 5.74) is 1.32. The smallest absolute Gasteiger partial charge is 0.329 e. The van der Waals surface area contributed by atoms with Crippen LogP contribution < -0.4 is 14.8 Å². The Balaban J connectivity index is 1.72. The molecule has 0 radical (unpaired) electrons. The van der Waals surface area contributed by atoms with E-state index < -0.39 is 17.3 Å². The molecule has 2 aromatic carbocycles. The van der Waals surface area contributed by atoms with E-state index in [0.29, 0.717) is 61.8 Å². The molecule has 1 saturated heterocycles. The summed E-state index contributed by atoms with van der Waals surface area (Å²) in [5, 5.41) is 13.2. The van der Waals surface area contributed by atoms with Crippen molar-refractivity contribution < 1.29 is 33.2 Å². The molecule has 2 N–H and O–H groups in total. The maximum absolute atomic E-state index is 15.5. The van der Waals surface area contributed by atoms with Crippen LogP contribution in [-0.4, -0.2) is 49.6 Å². The van der Waals surface area contributed by atoms with Gasteiger partial charge in [0.2, 0.25) is 0 Å². The molecule has 0 unspecified atom stereocenters. The van der Waals surface area contributed by atoms with Crippen molar-refractivity contribution in [1.82, 2.24) is 0 Å². The highest BCUT2D eigenvalue weighted by Crippen LogP contribution is 2.38. The molecule has 8 heteroatoms. The Morgan fingerprint density at radius 3 is 2.57 bits per heavy atom. The maximum Gasteiger partial charge on any atom is 0.329 e. The molecule has 1 aliphatic heterocycles. The molecule has 0 amide bonds. The Bertz CT molecular complexity index is 1030. The molecule has 0 bridgehead atoms. The number of nitrogens with one attached hydrogen (secondary N) is 1. The van der Waals surface area contributed by atoms with E-state index in [1.165, 1.54) is 13.2 Å². The van der Waals surface area contributed by atoms with Crippen LogP contribution >= 0.6 is 0 Å². The lowest BCUT2D eigenvalue weighted by molar-refractivity contribution is -0.145. The first kappa shape index (κ1) is 25.3. The molecule has 4 rings (SSSR count). The molecule has 1 heterocycles. The Morgan fingerprint density at radius 1 is 1.17 bits per heavy atom. The molecule has 0 spiro atoms. The summed E-state index contributed by atoms with van der Waals surface area (Å²) in [6.45, 7) is 3.17. The van der Waals surface area contributed by atoms with Gasteiger partial charge in [0.05, 0.1) is 26.4 Å². The SMILES string of the molecule is CCOc1cc(OC)cc(-c2ccc(NC3(C(=O)O)CCOCC3)cc2COC2CCCC2)c1F. The Kier molecular flexibility index (Phi) is 8.13. The van der Waals surface area contributed by atoms with Crippen molar-refractivity contribution in [2.24, 2.45) is 0 Å². The Morgan fingerprint density at radius 2 is 1.91 bits per heavy atom. The number of carboxylic acid groups (broad SMARTS) is 1. The number of anilines is 1. The number of hydrogen-bond acceptors (Lipinski definition) is 6. The van der Waals surface area contributed by atoms with Gasteiger partial charge in [0.15, 0.2) is 11.6 Å². The lowest BCUT2D eigenvalue weighted by Gasteiger charge is -2.35. The normalized spacial score (nSPS) is 17.8. The van der Waals surface area contributed by atoms with E-state index in [1.54, 1.807) is 25.1 Å². The second-order valence-corrected chi connectivity index (χ2v) is 9.13. The first-order valence-corrected chi connectivity index (χ1v) is 12.3. The van der Waals surface area contributed by atoms with Crippen molar-refractivity contribution in [3.63, 3.8) is 0 Å². The highest BCUT2D eigenvalue weighted by molar-refractivity contribution is 5.83. The van der Waals surface area contributed by atoms with Gasteiger partial charge in [-0.2, -0.15) is 0 Å². The van der Waals surface area contributed by atoms with Gasteiger partial charge in [0.25, 0.3) is 0 Å². The molecule has 1 aliphatic carbocycles. The van der Waals surface area contributed by atoms with Crippen LogP contribution in [0.2, 0.25) is 0 Å². The molecule has 2 fully saturated rings. The molecule has 35 heavy (non-hydrogen) atoms. The fourth-order valence-corrected chi connectivity index (χ4v) is 4.85. The molecular weight excluding hydrogens is 453 g/mol. The average molecular weight is 488 g/mol. The molecule has 0 aromatic heterocycles. The quantitative estimate of drug-likeness (QED) is 0.464. The van der Waals surface area contributed by atoms with Gasteiger partial charge in [-0.3, -0.25) is 0 Å². The number of aliphatic carboxylic acids is 1. The lowest BCUT2D eigenvalue weighted by Crippen LogP contribution is -2.50. The molecule has 1 saturated carbocycles. The topological polar surface area (TPSA) is 86.3 Å². The van der Waals surface area contributed by atoms with Gasteiger partial charge in [-0.05, 0) is 49.1 Å². The molecule has 7 nitrogen and oxygen atoms in total. The fraction of sp³-hybridized carbons (Fsp3) is 0.519. The number of halogens is 1. The maximum atomic E-state index is 15.5. The van der Waals surface area contributed by atoms with Crippen molar-refractivity contribution in [3.05, 3.63) is 41.7 Å².